The van der Waals surface area contributed by atoms with Crippen molar-refractivity contribution in [2.45, 2.75) is 80.6 Å². The van der Waals surface area contributed by atoms with Gasteiger partial charge in [0.15, 0.2) is 17.3 Å². The van der Waals surface area contributed by atoms with E-state index in [1.807, 2.05) is 26.8 Å². The fourth-order valence-corrected chi connectivity index (χ4v) is 8.77. The minimum atomic E-state index is -0.746. The van der Waals surface area contributed by atoms with Gasteiger partial charge in [0.05, 0.1) is 5.57 Å². The van der Waals surface area contributed by atoms with Gasteiger partial charge in [0.25, 0.3) is 0 Å². The number of allylic oxidation sites excluding steroid dienone is 2. The first-order valence-corrected chi connectivity index (χ1v) is 13.8. The van der Waals surface area contributed by atoms with Gasteiger partial charge in [0.2, 0.25) is 0 Å². The molecule has 194 valence electrons. The molecule has 0 heterocycles. The molecule has 2 aromatic carbocycles. The van der Waals surface area contributed by atoms with Crippen LogP contribution in [0.5, 0.6) is 0 Å². The largest absolute Gasteiger partial charge is 0.294 e. The van der Waals surface area contributed by atoms with Crippen molar-refractivity contribution in [3.05, 3.63) is 81.4 Å². The lowest BCUT2D eigenvalue weighted by atomic mass is 9.37. The lowest BCUT2D eigenvalue weighted by Crippen LogP contribution is -2.64. The summed E-state index contributed by atoms with van der Waals surface area (Å²) in [5.41, 5.74) is 5.72. The molecule has 5 rings (SSSR count). The molecule has 1 fully saturated rings. The molecular weight excluding hydrogens is 456 g/mol. The molecule has 3 aliphatic carbocycles. The normalized spacial score (nSPS) is 33.1. The lowest BCUT2D eigenvalue weighted by Gasteiger charge is -2.64. The van der Waals surface area contributed by atoms with E-state index >= 15 is 0 Å². The van der Waals surface area contributed by atoms with Crippen LogP contribution in [-0.2, 0) is 28.9 Å². The van der Waals surface area contributed by atoms with Crippen LogP contribution in [0.25, 0.3) is 0 Å². The van der Waals surface area contributed by atoms with Crippen LogP contribution in [0.1, 0.15) is 87.0 Å². The van der Waals surface area contributed by atoms with Crippen LogP contribution in [0.15, 0.2) is 53.6 Å². The van der Waals surface area contributed by atoms with Crippen LogP contribution in [0.3, 0.4) is 0 Å². The van der Waals surface area contributed by atoms with E-state index in [2.05, 4.69) is 57.2 Å². The first-order chi connectivity index (χ1) is 17.3. The molecule has 0 radical (unpaired) electrons. The zero-order chi connectivity index (χ0) is 26.9. The summed E-state index contributed by atoms with van der Waals surface area (Å²) < 4.78 is 0. The summed E-state index contributed by atoms with van der Waals surface area (Å²) in [6.07, 6.45) is 4.25. The maximum absolute atomic E-state index is 14.4. The number of aryl methyl sites for hydroxylation is 3. The molecule has 0 amide bonds. The van der Waals surface area contributed by atoms with Gasteiger partial charge in [0, 0.05) is 16.9 Å². The number of carbonyl (C=O) groups is 3. The van der Waals surface area contributed by atoms with E-state index in [1.54, 1.807) is 0 Å². The van der Waals surface area contributed by atoms with Crippen LogP contribution in [0.2, 0.25) is 0 Å². The van der Waals surface area contributed by atoms with Crippen LogP contribution < -0.4 is 0 Å². The second-order valence-electron chi connectivity index (χ2n) is 13.0. The molecule has 0 saturated heterocycles. The standard InChI is InChI=1S/C34H40O3/c1-20-13-15-25(16-14-24-11-9-8-10-12-24)26-18-32(5)19-33(6)17-21(2)27(23(4)35)31(37)34(33,7)22(3)29(32)30(36)28(20)26/h8-13,15,22,29H,14,16-19H2,1-7H3. The van der Waals surface area contributed by atoms with Crippen molar-refractivity contribution in [1.29, 1.82) is 0 Å². The molecule has 1 saturated carbocycles. The second kappa shape index (κ2) is 8.61. The smallest absolute Gasteiger partial charge is 0.173 e. The topological polar surface area (TPSA) is 51.2 Å². The molecule has 37 heavy (non-hydrogen) atoms. The number of hydrogen-bond acceptors (Lipinski definition) is 3. The first-order valence-electron chi connectivity index (χ1n) is 13.8. The third-order valence-corrected chi connectivity index (χ3v) is 10.6. The van der Waals surface area contributed by atoms with Gasteiger partial charge in [-0.3, -0.25) is 14.4 Å². The van der Waals surface area contributed by atoms with Gasteiger partial charge in [-0.15, -0.1) is 0 Å². The van der Waals surface area contributed by atoms with E-state index in [0.717, 1.165) is 48.8 Å². The first kappa shape index (κ1) is 25.8. The Hall–Kier alpha value is -2.81. The van der Waals surface area contributed by atoms with Crippen molar-refractivity contribution >= 4 is 17.3 Å². The van der Waals surface area contributed by atoms with E-state index in [0.29, 0.717) is 5.57 Å². The molecule has 3 aliphatic rings. The van der Waals surface area contributed by atoms with Crippen molar-refractivity contribution in [2.75, 3.05) is 0 Å². The maximum atomic E-state index is 14.4. The van der Waals surface area contributed by atoms with Gasteiger partial charge in [-0.05, 0) is 91.9 Å². The predicted molar refractivity (Wildman–Crippen MR) is 148 cm³/mol. The number of rotatable bonds is 4. The molecule has 0 bridgehead atoms. The van der Waals surface area contributed by atoms with Gasteiger partial charge < -0.3 is 0 Å². The van der Waals surface area contributed by atoms with Gasteiger partial charge >= 0.3 is 0 Å². The highest BCUT2D eigenvalue weighted by atomic mass is 16.2. The molecule has 0 N–H and O–H groups in total. The summed E-state index contributed by atoms with van der Waals surface area (Å²) in [5, 5.41) is 0. The fourth-order valence-electron chi connectivity index (χ4n) is 8.77. The highest BCUT2D eigenvalue weighted by molar-refractivity contribution is 6.23. The van der Waals surface area contributed by atoms with Gasteiger partial charge in [-0.2, -0.15) is 0 Å². The Morgan fingerprint density at radius 1 is 0.946 bits per heavy atom. The van der Waals surface area contributed by atoms with Crippen LogP contribution in [-0.4, -0.2) is 17.3 Å². The molecule has 3 heteroatoms. The zero-order valence-electron chi connectivity index (χ0n) is 23.5. The average molecular weight is 497 g/mol. The minimum absolute atomic E-state index is 0.0484. The average Bonchev–Trinajstić information content (AvgIpc) is 2.81. The van der Waals surface area contributed by atoms with E-state index in [4.69, 9.17) is 0 Å². The van der Waals surface area contributed by atoms with Crippen LogP contribution in [0.4, 0.5) is 0 Å². The Balaban J connectivity index is 1.60. The highest BCUT2D eigenvalue weighted by Crippen LogP contribution is 2.68. The van der Waals surface area contributed by atoms with Crippen LogP contribution in [0, 0.1) is 35.0 Å². The molecule has 5 unspecified atom stereocenters. The van der Waals surface area contributed by atoms with Gasteiger partial charge in [-0.25, -0.2) is 0 Å². The van der Waals surface area contributed by atoms with Gasteiger partial charge in [0.1, 0.15) is 0 Å². The number of hydrogen-bond donors (Lipinski definition) is 0. The van der Waals surface area contributed by atoms with Crippen LogP contribution >= 0.6 is 0 Å². The van der Waals surface area contributed by atoms with Crippen molar-refractivity contribution in [2.24, 2.45) is 28.1 Å². The monoisotopic (exact) mass is 496 g/mol. The Morgan fingerprint density at radius 2 is 1.62 bits per heavy atom. The third-order valence-electron chi connectivity index (χ3n) is 10.6. The number of carbonyl (C=O) groups excluding carboxylic acids is 3. The van der Waals surface area contributed by atoms with Gasteiger partial charge in [-0.1, -0.05) is 75.7 Å². The van der Waals surface area contributed by atoms with E-state index < -0.39 is 5.41 Å². The molecule has 2 aromatic rings. The highest BCUT2D eigenvalue weighted by Gasteiger charge is 2.67. The van der Waals surface area contributed by atoms with E-state index in [9.17, 15) is 14.4 Å². The Morgan fingerprint density at radius 3 is 2.27 bits per heavy atom. The van der Waals surface area contributed by atoms with Crippen molar-refractivity contribution < 1.29 is 14.4 Å². The molecule has 3 nitrogen and oxygen atoms in total. The summed E-state index contributed by atoms with van der Waals surface area (Å²) in [6.45, 7) is 14.2. The van der Waals surface area contributed by atoms with Crippen molar-refractivity contribution in [1.82, 2.24) is 0 Å². The summed E-state index contributed by atoms with van der Waals surface area (Å²) in [5.74, 6) is -0.392. The predicted octanol–water partition coefficient (Wildman–Crippen LogP) is 7.07. The number of Topliss-reactive ketones (excluding diaryl/α,β-unsaturated/α-hetero) is 3. The lowest BCUT2D eigenvalue weighted by molar-refractivity contribution is -0.159. The summed E-state index contributed by atoms with van der Waals surface area (Å²) in [7, 11) is 0. The molecular formula is C34H40O3. The maximum Gasteiger partial charge on any atom is 0.173 e. The number of ketones is 3. The minimum Gasteiger partial charge on any atom is -0.294 e. The Labute approximate surface area is 221 Å². The molecule has 0 aromatic heterocycles. The number of fused-ring (bicyclic) bond motifs is 3. The Kier molecular flexibility index (Phi) is 6.01. The van der Waals surface area contributed by atoms with Crippen molar-refractivity contribution in [3.63, 3.8) is 0 Å². The quantitative estimate of drug-likeness (QED) is 0.425. The number of benzene rings is 2. The second-order valence-corrected chi connectivity index (χ2v) is 13.0. The van der Waals surface area contributed by atoms with E-state index in [-0.39, 0.29) is 40.0 Å². The zero-order valence-corrected chi connectivity index (χ0v) is 23.5. The Bertz CT molecular complexity index is 1350. The third kappa shape index (κ3) is 3.64. The summed E-state index contributed by atoms with van der Waals surface area (Å²) >= 11 is 0. The molecule has 0 spiro atoms. The van der Waals surface area contributed by atoms with E-state index in [1.165, 1.54) is 23.6 Å². The molecule has 0 aliphatic heterocycles. The summed E-state index contributed by atoms with van der Waals surface area (Å²) in [6, 6.07) is 14.9. The fraction of sp³-hybridized carbons (Fsp3) is 0.500. The summed E-state index contributed by atoms with van der Waals surface area (Å²) in [4.78, 5) is 41.0. The van der Waals surface area contributed by atoms with Crippen molar-refractivity contribution in [3.8, 4) is 0 Å². The molecule has 5 atom stereocenters. The SMILES string of the molecule is CC(=O)C1=C(C)CC2(C)CC3(C)Cc4c(CCc5ccccc5)ccc(C)c4C(=O)C3C(C)C2(C)C1=O.